The first-order valence-electron chi connectivity index (χ1n) is 5.49. The van der Waals surface area contributed by atoms with Crippen LogP contribution in [0, 0.1) is 0 Å². The van der Waals surface area contributed by atoms with Crippen molar-refractivity contribution in [1.82, 2.24) is 5.32 Å². The lowest BCUT2D eigenvalue weighted by molar-refractivity contribution is -0.150. The van der Waals surface area contributed by atoms with Crippen LogP contribution < -0.4 is 5.32 Å². The van der Waals surface area contributed by atoms with E-state index in [-0.39, 0.29) is 6.42 Å². The molecule has 0 saturated carbocycles. The summed E-state index contributed by atoms with van der Waals surface area (Å²) < 4.78 is 9.16. The third-order valence-corrected chi connectivity index (χ3v) is 1.83. The van der Waals surface area contributed by atoms with Gasteiger partial charge in [0.1, 0.15) is 13.2 Å². The van der Waals surface area contributed by atoms with Crippen molar-refractivity contribution in [3.63, 3.8) is 0 Å². The van der Waals surface area contributed by atoms with Gasteiger partial charge in [-0.1, -0.05) is 0 Å². The Morgan fingerprint density at radius 1 is 1.05 bits per heavy atom. The average molecular weight is 293 g/mol. The van der Waals surface area contributed by atoms with Crippen LogP contribution in [0.3, 0.4) is 0 Å². The molecular weight excluding hydrogens is 278 g/mol. The van der Waals surface area contributed by atoms with Crippen LogP contribution in [0.15, 0.2) is 0 Å². The molecule has 114 valence electrons. The molecule has 0 spiro atoms. The number of esters is 1. The maximum atomic E-state index is 11.1. The maximum Gasteiger partial charge on any atom is 0.408 e. The average Bonchev–Trinajstić information content (AvgIpc) is 2.38. The summed E-state index contributed by atoms with van der Waals surface area (Å²) in [5, 5.41) is 27.4. The van der Waals surface area contributed by atoms with E-state index in [1.807, 2.05) is 5.32 Å². The molecule has 0 aromatic heterocycles. The van der Waals surface area contributed by atoms with Crippen LogP contribution in [0.2, 0.25) is 0 Å². The van der Waals surface area contributed by atoms with Crippen molar-refractivity contribution in [3.8, 4) is 0 Å². The van der Waals surface area contributed by atoms with Gasteiger partial charge in [-0.15, -0.1) is 0 Å². The predicted molar refractivity (Wildman–Crippen MR) is 60.8 cm³/mol. The van der Waals surface area contributed by atoms with Gasteiger partial charge in [0.2, 0.25) is 0 Å². The van der Waals surface area contributed by atoms with E-state index < -0.39 is 56.3 Å². The van der Waals surface area contributed by atoms with Gasteiger partial charge in [0.25, 0.3) is 0 Å². The molecule has 10 nitrogen and oxygen atoms in total. The Kier molecular flexibility index (Phi) is 8.43. The molecule has 10 heteroatoms. The molecule has 0 aliphatic heterocycles. The molecule has 4 N–H and O–H groups in total. The molecule has 0 saturated heterocycles. The van der Waals surface area contributed by atoms with E-state index in [1.165, 1.54) is 0 Å². The third-order valence-electron chi connectivity index (χ3n) is 1.83. The summed E-state index contributed by atoms with van der Waals surface area (Å²) in [7, 11) is 0. The van der Waals surface area contributed by atoms with Crippen LogP contribution >= 0.6 is 0 Å². The zero-order valence-electron chi connectivity index (χ0n) is 10.4. The number of amides is 1. The Bertz CT molecular complexity index is 368. The van der Waals surface area contributed by atoms with Crippen molar-refractivity contribution in [3.05, 3.63) is 0 Å². The molecule has 0 aromatic rings. The Balaban J connectivity index is 3.96. The van der Waals surface area contributed by atoms with Gasteiger partial charge in [0.15, 0.2) is 6.10 Å². The predicted octanol–water partition coefficient (Wildman–Crippen LogP) is -1.43. The quantitative estimate of drug-likeness (QED) is 0.373. The number of hydrogen-bond acceptors (Lipinski definition) is 7. The minimum atomic E-state index is -1.28. The number of carbonyl (C=O) groups excluding carboxylic acids is 2. The lowest BCUT2D eigenvalue weighted by atomic mass is 10.3. The van der Waals surface area contributed by atoms with Crippen LogP contribution in [-0.4, -0.2) is 65.2 Å². The number of carboxylic acid groups (broad SMARTS) is 2. The molecule has 0 aliphatic rings. The Labute approximate surface area is 113 Å². The number of ether oxygens (including phenoxy) is 2. The fourth-order valence-corrected chi connectivity index (χ4v) is 0.932. The number of hydrogen-bond donors (Lipinski definition) is 4. The highest BCUT2D eigenvalue weighted by molar-refractivity contribution is 5.77. The molecule has 1 atom stereocenters. The number of carbonyl (C=O) groups is 4. The lowest BCUT2D eigenvalue weighted by Gasteiger charge is -2.15. The van der Waals surface area contributed by atoms with E-state index in [4.69, 9.17) is 15.3 Å². The normalized spacial score (nSPS) is 11.2. The second kappa shape index (κ2) is 9.55. The van der Waals surface area contributed by atoms with Gasteiger partial charge < -0.3 is 30.1 Å². The van der Waals surface area contributed by atoms with Crippen LogP contribution in [0.4, 0.5) is 4.79 Å². The summed E-state index contributed by atoms with van der Waals surface area (Å²) >= 11 is 0. The topological polar surface area (TPSA) is 159 Å². The van der Waals surface area contributed by atoms with E-state index in [0.29, 0.717) is 0 Å². The van der Waals surface area contributed by atoms with E-state index in [9.17, 15) is 19.2 Å². The first-order valence-corrected chi connectivity index (χ1v) is 5.49. The standard InChI is InChI=1S/C10H15NO9/c12-4-6(20-10(18)11-3-8(15)16)5-19-9(17)2-1-7(13)14/h6,12H,1-5H2,(H,11,18)(H,13,14)(H,15,16). The van der Waals surface area contributed by atoms with E-state index in [2.05, 4.69) is 9.47 Å². The fourth-order valence-electron chi connectivity index (χ4n) is 0.932. The lowest BCUT2D eigenvalue weighted by Crippen LogP contribution is -2.36. The first kappa shape index (κ1) is 17.6. The molecule has 0 aliphatic carbocycles. The highest BCUT2D eigenvalue weighted by atomic mass is 16.6. The van der Waals surface area contributed by atoms with Gasteiger partial charge in [0.05, 0.1) is 19.4 Å². The summed E-state index contributed by atoms with van der Waals surface area (Å²) in [6.45, 7) is -1.77. The van der Waals surface area contributed by atoms with Gasteiger partial charge in [-0.2, -0.15) is 0 Å². The fraction of sp³-hybridized carbons (Fsp3) is 0.600. The molecule has 0 rings (SSSR count). The Hall–Kier alpha value is -2.36. The smallest absolute Gasteiger partial charge is 0.408 e. The number of aliphatic hydroxyl groups excluding tert-OH is 1. The minimum Gasteiger partial charge on any atom is -0.481 e. The van der Waals surface area contributed by atoms with Crippen molar-refractivity contribution in [2.75, 3.05) is 19.8 Å². The molecule has 0 fully saturated rings. The van der Waals surface area contributed by atoms with Gasteiger partial charge in [-0.05, 0) is 0 Å². The molecule has 1 unspecified atom stereocenters. The van der Waals surface area contributed by atoms with Gasteiger partial charge in [-0.25, -0.2) is 4.79 Å². The van der Waals surface area contributed by atoms with Crippen molar-refractivity contribution in [2.24, 2.45) is 0 Å². The number of aliphatic carboxylic acids is 2. The second-order valence-corrected chi connectivity index (χ2v) is 3.53. The van der Waals surface area contributed by atoms with Gasteiger partial charge in [-0.3, -0.25) is 14.4 Å². The SMILES string of the molecule is O=C(O)CCC(=O)OCC(CO)OC(=O)NCC(=O)O. The minimum absolute atomic E-state index is 0.349. The van der Waals surface area contributed by atoms with Crippen LogP contribution in [0.1, 0.15) is 12.8 Å². The summed E-state index contributed by atoms with van der Waals surface area (Å²) in [6, 6.07) is 0. The first-order chi connectivity index (χ1) is 9.35. The molecule has 0 aromatic carbocycles. The zero-order valence-corrected chi connectivity index (χ0v) is 10.4. The maximum absolute atomic E-state index is 11.1. The van der Waals surface area contributed by atoms with Crippen molar-refractivity contribution >= 4 is 24.0 Å². The van der Waals surface area contributed by atoms with Crippen LogP contribution in [-0.2, 0) is 23.9 Å². The number of aliphatic hydroxyl groups is 1. The number of alkyl carbamates (subject to hydrolysis) is 1. The third kappa shape index (κ3) is 9.65. The Morgan fingerprint density at radius 2 is 1.70 bits per heavy atom. The van der Waals surface area contributed by atoms with E-state index in [1.54, 1.807) is 0 Å². The summed E-state index contributed by atoms with van der Waals surface area (Å²) in [4.78, 5) is 42.5. The van der Waals surface area contributed by atoms with Crippen molar-refractivity contribution < 1.29 is 44.0 Å². The van der Waals surface area contributed by atoms with E-state index in [0.717, 1.165) is 0 Å². The summed E-state index contributed by atoms with van der Waals surface area (Å²) in [5.74, 6) is -3.26. The highest BCUT2D eigenvalue weighted by Crippen LogP contribution is 1.98. The summed E-state index contributed by atoms with van der Waals surface area (Å²) in [6.07, 6.45) is -3.01. The molecular formula is C10H15NO9. The molecule has 0 radical (unpaired) electrons. The van der Waals surface area contributed by atoms with Crippen LogP contribution in [0.5, 0.6) is 0 Å². The van der Waals surface area contributed by atoms with Crippen molar-refractivity contribution in [1.29, 1.82) is 0 Å². The largest absolute Gasteiger partial charge is 0.481 e. The van der Waals surface area contributed by atoms with Gasteiger partial charge in [0, 0.05) is 0 Å². The van der Waals surface area contributed by atoms with Gasteiger partial charge >= 0.3 is 24.0 Å². The molecule has 0 heterocycles. The Morgan fingerprint density at radius 3 is 2.20 bits per heavy atom. The second-order valence-electron chi connectivity index (χ2n) is 3.53. The highest BCUT2D eigenvalue weighted by Gasteiger charge is 2.17. The number of carboxylic acids is 2. The molecule has 1 amide bonds. The van der Waals surface area contributed by atoms with Crippen molar-refractivity contribution in [2.45, 2.75) is 18.9 Å². The number of rotatable bonds is 9. The monoisotopic (exact) mass is 293 g/mol. The van der Waals surface area contributed by atoms with E-state index >= 15 is 0 Å². The molecule has 0 bridgehead atoms. The number of nitrogens with one attached hydrogen (secondary N) is 1. The van der Waals surface area contributed by atoms with Crippen LogP contribution in [0.25, 0.3) is 0 Å². The summed E-state index contributed by atoms with van der Waals surface area (Å²) in [5.41, 5.74) is 0. The zero-order chi connectivity index (χ0) is 15.5. The molecule has 20 heavy (non-hydrogen) atoms.